The first-order valence-electron chi connectivity index (χ1n) is 8.20. The van der Waals surface area contributed by atoms with Gasteiger partial charge in [0.1, 0.15) is 5.92 Å². The SMILES string of the molecule is CCOC(=O)[C@@H]1C(=O)C(=O)N(c2ccc(C)cc2)[C@H]1c1ccccc1. The minimum Gasteiger partial charge on any atom is -0.465 e. The highest BCUT2D eigenvalue weighted by atomic mass is 16.5. The molecule has 0 N–H and O–H groups in total. The zero-order valence-electron chi connectivity index (χ0n) is 14.1. The average molecular weight is 337 g/mol. The lowest BCUT2D eigenvalue weighted by molar-refractivity contribution is -0.152. The van der Waals surface area contributed by atoms with Crippen LogP contribution in [-0.2, 0) is 19.1 Å². The molecule has 0 saturated carbocycles. The lowest BCUT2D eigenvalue weighted by atomic mass is 9.92. The number of aryl methyl sites for hydroxylation is 1. The van der Waals surface area contributed by atoms with Crippen LogP contribution in [0.4, 0.5) is 5.69 Å². The quantitative estimate of drug-likeness (QED) is 0.489. The maximum absolute atomic E-state index is 12.7. The number of ketones is 1. The van der Waals surface area contributed by atoms with Crippen molar-refractivity contribution in [2.75, 3.05) is 11.5 Å². The van der Waals surface area contributed by atoms with Gasteiger partial charge < -0.3 is 4.74 Å². The monoisotopic (exact) mass is 337 g/mol. The predicted molar refractivity (Wildman–Crippen MR) is 93.0 cm³/mol. The topological polar surface area (TPSA) is 63.7 Å². The fourth-order valence-electron chi connectivity index (χ4n) is 3.11. The molecule has 1 fully saturated rings. The normalized spacial score (nSPS) is 20.0. The summed E-state index contributed by atoms with van der Waals surface area (Å²) in [7, 11) is 0. The van der Waals surface area contributed by atoms with E-state index in [4.69, 9.17) is 4.74 Å². The summed E-state index contributed by atoms with van der Waals surface area (Å²) in [6.07, 6.45) is 0. The van der Waals surface area contributed by atoms with E-state index < -0.39 is 29.6 Å². The van der Waals surface area contributed by atoms with Gasteiger partial charge in [-0.05, 0) is 31.5 Å². The number of carbonyl (C=O) groups is 3. The Kier molecular flexibility index (Phi) is 4.65. The number of carbonyl (C=O) groups excluding carboxylic acids is 3. The van der Waals surface area contributed by atoms with Crippen molar-refractivity contribution < 1.29 is 19.1 Å². The van der Waals surface area contributed by atoms with Crippen LogP contribution in [0.2, 0.25) is 0 Å². The highest BCUT2D eigenvalue weighted by Gasteiger charge is 2.53. The van der Waals surface area contributed by atoms with Crippen LogP contribution in [0.1, 0.15) is 24.1 Å². The van der Waals surface area contributed by atoms with E-state index in [9.17, 15) is 14.4 Å². The Bertz CT molecular complexity index is 798. The summed E-state index contributed by atoms with van der Waals surface area (Å²) in [5, 5.41) is 0. The van der Waals surface area contributed by atoms with E-state index in [1.165, 1.54) is 4.90 Å². The Balaban J connectivity index is 2.11. The number of ether oxygens (including phenoxy) is 1. The molecule has 0 aromatic heterocycles. The van der Waals surface area contributed by atoms with E-state index in [0.29, 0.717) is 5.69 Å². The molecule has 0 radical (unpaired) electrons. The van der Waals surface area contributed by atoms with E-state index in [2.05, 4.69) is 0 Å². The second-order valence-electron chi connectivity index (χ2n) is 5.96. The molecule has 5 nitrogen and oxygen atoms in total. The zero-order valence-corrected chi connectivity index (χ0v) is 14.1. The van der Waals surface area contributed by atoms with Crippen molar-refractivity contribution >= 4 is 23.3 Å². The summed E-state index contributed by atoms with van der Waals surface area (Å²) in [5.41, 5.74) is 2.35. The molecule has 2 aromatic rings. The van der Waals surface area contributed by atoms with Crippen molar-refractivity contribution in [2.45, 2.75) is 19.9 Å². The first-order chi connectivity index (χ1) is 12.0. The predicted octanol–water partition coefficient (Wildman–Crippen LogP) is 2.83. The lowest BCUT2D eigenvalue weighted by Crippen LogP contribution is -2.31. The number of esters is 1. The zero-order chi connectivity index (χ0) is 18.0. The van der Waals surface area contributed by atoms with Crippen molar-refractivity contribution in [1.82, 2.24) is 0 Å². The number of rotatable bonds is 4. The molecule has 1 aliphatic heterocycles. The van der Waals surface area contributed by atoms with E-state index in [0.717, 1.165) is 11.1 Å². The highest BCUT2D eigenvalue weighted by molar-refractivity contribution is 6.47. The van der Waals surface area contributed by atoms with Crippen LogP contribution in [-0.4, -0.2) is 24.3 Å². The van der Waals surface area contributed by atoms with E-state index in [1.54, 1.807) is 19.1 Å². The maximum atomic E-state index is 12.7. The van der Waals surface area contributed by atoms with Gasteiger partial charge in [-0.1, -0.05) is 48.0 Å². The molecule has 0 spiro atoms. The van der Waals surface area contributed by atoms with Gasteiger partial charge >= 0.3 is 5.97 Å². The molecular formula is C20H19NO4. The molecule has 0 unspecified atom stereocenters. The van der Waals surface area contributed by atoms with Crippen molar-refractivity contribution in [3.05, 3.63) is 65.7 Å². The van der Waals surface area contributed by atoms with Gasteiger partial charge in [0.05, 0.1) is 12.6 Å². The van der Waals surface area contributed by atoms with Gasteiger partial charge in [0, 0.05) is 5.69 Å². The van der Waals surface area contributed by atoms with Crippen LogP contribution in [0.3, 0.4) is 0 Å². The third kappa shape index (κ3) is 3.05. The fraction of sp³-hybridized carbons (Fsp3) is 0.250. The van der Waals surface area contributed by atoms with Gasteiger partial charge in [-0.2, -0.15) is 0 Å². The average Bonchev–Trinajstić information content (AvgIpc) is 2.88. The van der Waals surface area contributed by atoms with Crippen LogP contribution < -0.4 is 4.90 Å². The van der Waals surface area contributed by atoms with Gasteiger partial charge in [0.2, 0.25) is 5.78 Å². The smallest absolute Gasteiger partial charge is 0.319 e. The summed E-state index contributed by atoms with van der Waals surface area (Å²) < 4.78 is 5.06. The number of nitrogens with zero attached hydrogens (tertiary/aromatic N) is 1. The third-order valence-corrected chi connectivity index (χ3v) is 4.30. The first kappa shape index (κ1) is 16.9. The molecule has 128 valence electrons. The molecule has 1 saturated heterocycles. The molecular weight excluding hydrogens is 318 g/mol. The molecule has 3 rings (SSSR count). The summed E-state index contributed by atoms with van der Waals surface area (Å²) in [4.78, 5) is 39.0. The van der Waals surface area contributed by atoms with E-state index in [-0.39, 0.29) is 6.61 Å². The minimum absolute atomic E-state index is 0.156. The second kappa shape index (κ2) is 6.89. The number of benzene rings is 2. The van der Waals surface area contributed by atoms with Crippen LogP contribution in [0.5, 0.6) is 0 Å². The Morgan fingerprint density at radius 2 is 1.68 bits per heavy atom. The maximum Gasteiger partial charge on any atom is 0.319 e. The largest absolute Gasteiger partial charge is 0.465 e. The Morgan fingerprint density at radius 1 is 1.04 bits per heavy atom. The van der Waals surface area contributed by atoms with Crippen LogP contribution in [0.15, 0.2) is 54.6 Å². The molecule has 2 aromatic carbocycles. The molecule has 2 atom stereocenters. The van der Waals surface area contributed by atoms with Gasteiger partial charge in [-0.15, -0.1) is 0 Å². The number of amides is 1. The number of hydrogen-bond donors (Lipinski definition) is 0. The van der Waals surface area contributed by atoms with Gasteiger partial charge in [0.15, 0.2) is 0 Å². The lowest BCUT2D eigenvalue weighted by Gasteiger charge is -2.27. The summed E-state index contributed by atoms with van der Waals surface area (Å²) in [5.74, 6) is -3.23. The van der Waals surface area contributed by atoms with Crippen molar-refractivity contribution in [2.24, 2.45) is 5.92 Å². The van der Waals surface area contributed by atoms with Crippen molar-refractivity contribution in [3.8, 4) is 0 Å². The Hall–Kier alpha value is -2.95. The number of anilines is 1. The summed E-state index contributed by atoms with van der Waals surface area (Å²) >= 11 is 0. The van der Waals surface area contributed by atoms with E-state index >= 15 is 0 Å². The molecule has 0 bridgehead atoms. The molecule has 0 aliphatic carbocycles. The van der Waals surface area contributed by atoms with E-state index in [1.807, 2.05) is 49.4 Å². The van der Waals surface area contributed by atoms with Gasteiger partial charge in [-0.3, -0.25) is 19.3 Å². The fourth-order valence-corrected chi connectivity index (χ4v) is 3.11. The van der Waals surface area contributed by atoms with Crippen molar-refractivity contribution in [1.29, 1.82) is 0 Å². The molecule has 1 amide bonds. The molecule has 1 heterocycles. The molecule has 5 heteroatoms. The van der Waals surface area contributed by atoms with Crippen LogP contribution in [0, 0.1) is 12.8 Å². The van der Waals surface area contributed by atoms with Gasteiger partial charge in [0.25, 0.3) is 5.91 Å². The van der Waals surface area contributed by atoms with Gasteiger partial charge in [-0.25, -0.2) is 0 Å². The van der Waals surface area contributed by atoms with Crippen LogP contribution in [0.25, 0.3) is 0 Å². The minimum atomic E-state index is -1.16. The number of hydrogen-bond acceptors (Lipinski definition) is 4. The third-order valence-electron chi connectivity index (χ3n) is 4.30. The van der Waals surface area contributed by atoms with Crippen molar-refractivity contribution in [3.63, 3.8) is 0 Å². The molecule has 25 heavy (non-hydrogen) atoms. The standard InChI is InChI=1S/C20H19NO4/c1-3-25-20(24)16-17(14-7-5-4-6-8-14)21(19(23)18(16)22)15-11-9-13(2)10-12-15/h4-12,16-17H,3H2,1-2H3/t16-,17-/m0/s1. The second-order valence-corrected chi connectivity index (χ2v) is 5.96. The summed E-state index contributed by atoms with van der Waals surface area (Å²) in [6.45, 7) is 3.77. The summed E-state index contributed by atoms with van der Waals surface area (Å²) in [6, 6.07) is 15.7. The Morgan fingerprint density at radius 3 is 2.28 bits per heavy atom. The highest BCUT2D eigenvalue weighted by Crippen LogP contribution is 2.40. The number of Topliss-reactive ketones (excluding diaryl/α,β-unsaturated/α-hetero) is 1. The Labute approximate surface area is 146 Å². The first-order valence-corrected chi connectivity index (χ1v) is 8.20. The molecule has 1 aliphatic rings. The van der Waals surface area contributed by atoms with Crippen LogP contribution >= 0.6 is 0 Å².